The fourth-order valence-corrected chi connectivity index (χ4v) is 3.93. The molecule has 6 heteroatoms. The number of aryl methyl sites for hydroxylation is 1. The number of hydrogen-bond acceptors (Lipinski definition) is 5. The first kappa shape index (κ1) is 23.4. The van der Waals surface area contributed by atoms with E-state index in [2.05, 4.69) is 47.9 Å². The number of benzene rings is 3. The van der Waals surface area contributed by atoms with Gasteiger partial charge in [-0.3, -0.25) is 9.36 Å². The van der Waals surface area contributed by atoms with Gasteiger partial charge in [-0.05, 0) is 38.3 Å². The molecule has 0 fully saturated rings. The van der Waals surface area contributed by atoms with Gasteiger partial charge in [-0.25, -0.2) is 4.98 Å². The molecule has 0 aliphatic heterocycles. The Balaban J connectivity index is 1.66. The summed E-state index contributed by atoms with van der Waals surface area (Å²) in [4.78, 5) is 16.2. The number of fused-ring (bicyclic) bond motifs is 1. The van der Waals surface area contributed by atoms with E-state index in [1.807, 2.05) is 30.3 Å². The number of unbranched alkanes of at least 4 members (excludes halogenated alkanes) is 2. The van der Waals surface area contributed by atoms with Crippen molar-refractivity contribution in [3.63, 3.8) is 0 Å². The number of nitrogens with zero attached hydrogens (tertiary/aromatic N) is 2. The highest BCUT2D eigenvalue weighted by Gasteiger charge is 2.18. The topological polar surface area (TPSA) is 62.6 Å². The molecule has 6 nitrogen and oxygen atoms in total. The molecule has 0 aliphatic rings. The van der Waals surface area contributed by atoms with E-state index >= 15 is 0 Å². The summed E-state index contributed by atoms with van der Waals surface area (Å²) >= 11 is 0. The Morgan fingerprint density at radius 2 is 1.68 bits per heavy atom. The zero-order valence-corrected chi connectivity index (χ0v) is 19.9. The number of carbonyl (C=O) groups excluding carboxylic acids is 1. The predicted octanol–water partition coefficient (Wildman–Crippen LogP) is 6.12. The Morgan fingerprint density at radius 3 is 2.38 bits per heavy atom. The highest BCUT2D eigenvalue weighted by Crippen LogP contribution is 2.36. The van der Waals surface area contributed by atoms with Crippen molar-refractivity contribution in [3.8, 4) is 28.6 Å². The molecule has 4 rings (SSSR count). The molecule has 0 N–H and O–H groups in total. The molecule has 0 bridgehead atoms. The lowest BCUT2D eigenvalue weighted by atomic mass is 10.2. The molecule has 4 aromatic rings. The van der Waals surface area contributed by atoms with Gasteiger partial charge in [0.05, 0.1) is 31.9 Å². The minimum atomic E-state index is -0.174. The summed E-state index contributed by atoms with van der Waals surface area (Å²) in [5, 5.41) is 0. The zero-order valence-electron chi connectivity index (χ0n) is 19.9. The van der Waals surface area contributed by atoms with Gasteiger partial charge in [0.2, 0.25) is 0 Å². The summed E-state index contributed by atoms with van der Waals surface area (Å²) in [6, 6.07) is 22.5. The van der Waals surface area contributed by atoms with E-state index in [9.17, 15) is 4.79 Å². The highest BCUT2D eigenvalue weighted by molar-refractivity contribution is 5.86. The summed E-state index contributed by atoms with van der Waals surface area (Å²) in [7, 11) is 3.05. The molecule has 0 spiro atoms. The second kappa shape index (κ2) is 10.9. The molecule has 0 atom stereocenters. The molecule has 0 unspecified atom stereocenters. The molecule has 176 valence electrons. The van der Waals surface area contributed by atoms with Crippen molar-refractivity contribution in [2.75, 3.05) is 20.8 Å². The van der Waals surface area contributed by atoms with Gasteiger partial charge in [-0.15, -0.1) is 0 Å². The minimum absolute atomic E-state index is 0.174. The zero-order chi connectivity index (χ0) is 23.9. The van der Waals surface area contributed by atoms with E-state index in [4.69, 9.17) is 19.2 Å². The first-order valence-corrected chi connectivity index (χ1v) is 11.5. The second-order valence-corrected chi connectivity index (χ2v) is 8.20. The molecule has 1 aromatic heterocycles. The molecule has 0 saturated heterocycles. The van der Waals surface area contributed by atoms with E-state index in [-0.39, 0.29) is 5.97 Å². The lowest BCUT2D eigenvalue weighted by Gasteiger charge is -2.13. The van der Waals surface area contributed by atoms with Crippen LogP contribution in [0.5, 0.6) is 11.5 Å². The van der Waals surface area contributed by atoms with Gasteiger partial charge in [0.25, 0.3) is 0 Å². The van der Waals surface area contributed by atoms with Crippen molar-refractivity contribution in [1.82, 2.24) is 9.55 Å². The van der Waals surface area contributed by atoms with E-state index < -0.39 is 0 Å². The Labute approximate surface area is 200 Å². The standard InChI is InChI=1S/C28H30N2O4/c1-20-13-15-22(16-14-20)30-24-19-26(34-17-9-5-8-12-27(31)33-3)25(32-2)18-23(24)29-28(30)21-10-6-4-7-11-21/h4,6-7,10-11,13-16,18-19H,5,8-9,12,17H2,1-3H3. The Kier molecular flexibility index (Phi) is 7.48. The van der Waals surface area contributed by atoms with Crippen molar-refractivity contribution in [2.45, 2.75) is 32.6 Å². The van der Waals surface area contributed by atoms with Crippen molar-refractivity contribution >= 4 is 17.0 Å². The van der Waals surface area contributed by atoms with Crippen molar-refractivity contribution < 1.29 is 19.0 Å². The van der Waals surface area contributed by atoms with Crippen LogP contribution in [-0.2, 0) is 9.53 Å². The maximum Gasteiger partial charge on any atom is 0.305 e. The Hall–Kier alpha value is -3.80. The van der Waals surface area contributed by atoms with Gasteiger partial charge >= 0.3 is 5.97 Å². The lowest BCUT2D eigenvalue weighted by Crippen LogP contribution is -2.02. The first-order chi connectivity index (χ1) is 16.6. The molecule has 3 aromatic carbocycles. The molecule has 1 heterocycles. The van der Waals surface area contributed by atoms with Crippen LogP contribution in [0.1, 0.15) is 31.2 Å². The molecule has 0 aliphatic carbocycles. The first-order valence-electron chi connectivity index (χ1n) is 11.5. The summed E-state index contributed by atoms with van der Waals surface area (Å²) < 4.78 is 18.6. The van der Waals surface area contributed by atoms with E-state index in [0.29, 0.717) is 24.5 Å². The molecular formula is C28H30N2O4. The predicted molar refractivity (Wildman–Crippen MR) is 134 cm³/mol. The van der Waals surface area contributed by atoms with Gasteiger partial charge in [0, 0.05) is 29.8 Å². The van der Waals surface area contributed by atoms with E-state index in [1.54, 1.807) is 7.11 Å². The van der Waals surface area contributed by atoms with Crippen molar-refractivity contribution in [1.29, 1.82) is 0 Å². The van der Waals surface area contributed by atoms with Crippen LogP contribution in [0.15, 0.2) is 66.7 Å². The SMILES string of the molecule is COC(=O)CCCCCOc1cc2c(cc1OC)nc(-c1ccccc1)n2-c1ccc(C)cc1. The fourth-order valence-electron chi connectivity index (χ4n) is 3.93. The largest absolute Gasteiger partial charge is 0.493 e. The van der Waals surface area contributed by atoms with Gasteiger partial charge in [0.1, 0.15) is 5.82 Å². The van der Waals surface area contributed by atoms with E-state index in [0.717, 1.165) is 47.4 Å². The summed E-state index contributed by atoms with van der Waals surface area (Å²) in [5.41, 5.74) is 5.05. The van der Waals surface area contributed by atoms with Crippen LogP contribution in [0.4, 0.5) is 0 Å². The number of esters is 1. The van der Waals surface area contributed by atoms with Crippen LogP contribution < -0.4 is 9.47 Å². The number of carbonyl (C=O) groups is 1. The van der Waals surface area contributed by atoms with Crippen LogP contribution >= 0.6 is 0 Å². The third-order valence-corrected chi connectivity index (χ3v) is 5.77. The molecular weight excluding hydrogens is 428 g/mol. The molecule has 0 amide bonds. The van der Waals surface area contributed by atoms with Crippen LogP contribution in [0.25, 0.3) is 28.1 Å². The molecule has 0 saturated carbocycles. The normalized spacial score (nSPS) is 10.9. The third-order valence-electron chi connectivity index (χ3n) is 5.77. The second-order valence-electron chi connectivity index (χ2n) is 8.20. The monoisotopic (exact) mass is 458 g/mol. The van der Waals surface area contributed by atoms with E-state index in [1.165, 1.54) is 12.7 Å². The summed E-state index contributed by atoms with van der Waals surface area (Å²) in [6.07, 6.45) is 2.94. The maximum absolute atomic E-state index is 11.3. The maximum atomic E-state index is 11.3. The average molecular weight is 459 g/mol. The third kappa shape index (κ3) is 5.22. The number of hydrogen-bond donors (Lipinski definition) is 0. The summed E-state index contributed by atoms with van der Waals surface area (Å²) in [6.45, 7) is 2.61. The van der Waals surface area contributed by atoms with Gasteiger partial charge in [-0.1, -0.05) is 48.0 Å². The lowest BCUT2D eigenvalue weighted by molar-refractivity contribution is -0.140. The van der Waals surface area contributed by atoms with Crippen LogP contribution in [0.3, 0.4) is 0 Å². The highest BCUT2D eigenvalue weighted by atomic mass is 16.5. The number of imidazole rings is 1. The molecule has 0 radical (unpaired) electrons. The smallest absolute Gasteiger partial charge is 0.305 e. The quantitative estimate of drug-likeness (QED) is 0.212. The van der Waals surface area contributed by atoms with Gasteiger partial charge < -0.3 is 14.2 Å². The van der Waals surface area contributed by atoms with Crippen molar-refractivity contribution in [2.24, 2.45) is 0 Å². The van der Waals surface area contributed by atoms with Crippen LogP contribution in [0, 0.1) is 6.92 Å². The van der Waals surface area contributed by atoms with Crippen LogP contribution in [0.2, 0.25) is 0 Å². The van der Waals surface area contributed by atoms with Gasteiger partial charge in [-0.2, -0.15) is 0 Å². The van der Waals surface area contributed by atoms with Crippen LogP contribution in [-0.4, -0.2) is 36.3 Å². The Bertz CT molecular complexity index is 1250. The van der Waals surface area contributed by atoms with Crippen molar-refractivity contribution in [3.05, 3.63) is 72.3 Å². The summed E-state index contributed by atoms with van der Waals surface area (Å²) in [5.74, 6) is 2.01. The average Bonchev–Trinajstić information content (AvgIpc) is 3.24. The number of rotatable bonds is 10. The number of ether oxygens (including phenoxy) is 3. The minimum Gasteiger partial charge on any atom is -0.493 e. The fraction of sp³-hybridized carbons (Fsp3) is 0.286. The Morgan fingerprint density at radius 1 is 0.912 bits per heavy atom. The van der Waals surface area contributed by atoms with Gasteiger partial charge in [0.15, 0.2) is 11.5 Å². The number of aromatic nitrogens is 2. The number of methoxy groups -OCH3 is 2. The molecule has 34 heavy (non-hydrogen) atoms.